The molecular weight excluding hydrogens is 393 g/mol. The maximum atomic E-state index is 5.23. The summed E-state index contributed by atoms with van der Waals surface area (Å²) in [6, 6.07) is 11.6. The molecule has 2 atom stereocenters. The van der Waals surface area contributed by atoms with E-state index in [2.05, 4.69) is 53.0 Å². The van der Waals surface area contributed by atoms with Crippen LogP contribution in [0.1, 0.15) is 47.9 Å². The molecule has 0 saturated carbocycles. The molecule has 21 heavy (non-hydrogen) atoms. The van der Waals surface area contributed by atoms with Crippen LogP contribution in [0.4, 0.5) is 0 Å². The minimum atomic E-state index is 0.351. The molecule has 1 heterocycles. The van der Waals surface area contributed by atoms with E-state index >= 15 is 0 Å². The number of aryl methyl sites for hydroxylation is 1. The second-order valence-electron chi connectivity index (χ2n) is 5.54. The van der Waals surface area contributed by atoms with E-state index in [0.717, 1.165) is 5.75 Å². The summed E-state index contributed by atoms with van der Waals surface area (Å²) >= 11 is 4.39. The molecule has 4 heteroatoms. The number of benzene rings is 1. The average molecular weight is 413 g/mol. The van der Waals surface area contributed by atoms with Gasteiger partial charge in [0.1, 0.15) is 5.75 Å². The molecule has 0 radical (unpaired) electrons. The van der Waals surface area contributed by atoms with Gasteiger partial charge in [0.15, 0.2) is 0 Å². The van der Waals surface area contributed by atoms with Crippen molar-refractivity contribution < 1.29 is 4.74 Å². The largest absolute Gasteiger partial charge is 0.497 e. The Labute approximate surface area is 144 Å². The summed E-state index contributed by atoms with van der Waals surface area (Å²) < 4.78 is 6.63. The van der Waals surface area contributed by atoms with Crippen molar-refractivity contribution >= 4 is 33.9 Å². The topological polar surface area (TPSA) is 21.3 Å². The van der Waals surface area contributed by atoms with Crippen molar-refractivity contribution in [3.63, 3.8) is 0 Å². The lowest BCUT2D eigenvalue weighted by Gasteiger charge is -2.27. The maximum Gasteiger partial charge on any atom is 0.118 e. The molecule has 1 aliphatic rings. The second kappa shape index (κ2) is 6.67. The molecule has 0 amide bonds. The lowest BCUT2D eigenvalue weighted by atomic mass is 9.93. The first-order chi connectivity index (χ1) is 10.2. The monoisotopic (exact) mass is 413 g/mol. The summed E-state index contributed by atoms with van der Waals surface area (Å²) in [5, 5.41) is 3.80. The lowest BCUT2D eigenvalue weighted by molar-refractivity contribution is 0.410. The number of nitrogens with one attached hydrogen (secondary N) is 1. The fourth-order valence-electron chi connectivity index (χ4n) is 2.99. The van der Waals surface area contributed by atoms with Crippen LogP contribution < -0.4 is 10.1 Å². The highest BCUT2D eigenvalue weighted by Gasteiger charge is 2.24. The number of halogens is 1. The van der Waals surface area contributed by atoms with Gasteiger partial charge in [-0.2, -0.15) is 0 Å². The van der Waals surface area contributed by atoms with Gasteiger partial charge in [0, 0.05) is 17.0 Å². The Balaban J connectivity index is 1.74. The van der Waals surface area contributed by atoms with Gasteiger partial charge in [0.2, 0.25) is 0 Å². The van der Waals surface area contributed by atoms with Crippen molar-refractivity contribution in [1.82, 2.24) is 5.32 Å². The van der Waals surface area contributed by atoms with E-state index in [0.29, 0.717) is 12.1 Å². The highest BCUT2D eigenvalue weighted by atomic mass is 127. The highest BCUT2D eigenvalue weighted by Crippen LogP contribution is 2.37. The third-order valence-corrected chi connectivity index (χ3v) is 6.12. The number of hydrogen-bond donors (Lipinski definition) is 1. The van der Waals surface area contributed by atoms with Crippen LogP contribution in [0.3, 0.4) is 0 Å². The summed E-state index contributed by atoms with van der Waals surface area (Å²) in [7, 11) is 1.71. The van der Waals surface area contributed by atoms with E-state index in [1.807, 2.05) is 23.5 Å². The summed E-state index contributed by atoms with van der Waals surface area (Å²) in [6.07, 6.45) is 3.77. The predicted octanol–water partition coefficient (Wildman–Crippen LogP) is 5.09. The SMILES string of the molecule is COc1ccc([C@@H](C)NC2CCCc3sc(I)cc32)cc1. The molecule has 3 rings (SSSR count). The molecule has 1 aromatic heterocycles. The van der Waals surface area contributed by atoms with Crippen molar-refractivity contribution in [2.45, 2.75) is 38.3 Å². The van der Waals surface area contributed by atoms with Crippen molar-refractivity contribution in [2.24, 2.45) is 0 Å². The number of methoxy groups -OCH3 is 1. The average Bonchev–Trinajstić information content (AvgIpc) is 2.88. The molecule has 2 aromatic rings. The van der Waals surface area contributed by atoms with E-state index < -0.39 is 0 Å². The molecule has 0 spiro atoms. The minimum absolute atomic E-state index is 0.351. The molecule has 1 unspecified atom stereocenters. The third-order valence-electron chi connectivity index (χ3n) is 4.15. The highest BCUT2D eigenvalue weighted by molar-refractivity contribution is 14.1. The van der Waals surface area contributed by atoms with Gasteiger partial charge in [-0.1, -0.05) is 12.1 Å². The van der Waals surface area contributed by atoms with E-state index in [4.69, 9.17) is 4.74 Å². The quantitative estimate of drug-likeness (QED) is 0.706. The van der Waals surface area contributed by atoms with Crippen molar-refractivity contribution in [2.75, 3.05) is 7.11 Å². The molecule has 1 N–H and O–H groups in total. The zero-order valence-electron chi connectivity index (χ0n) is 12.4. The molecule has 0 bridgehead atoms. The van der Waals surface area contributed by atoms with Crippen molar-refractivity contribution in [1.29, 1.82) is 0 Å². The van der Waals surface area contributed by atoms with Crippen molar-refractivity contribution in [3.8, 4) is 5.75 Å². The Morgan fingerprint density at radius 2 is 2.10 bits per heavy atom. The summed E-state index contributed by atoms with van der Waals surface area (Å²) in [5.41, 5.74) is 2.84. The van der Waals surface area contributed by atoms with E-state index in [1.54, 1.807) is 12.0 Å². The lowest BCUT2D eigenvalue weighted by Crippen LogP contribution is -2.27. The van der Waals surface area contributed by atoms with Gasteiger partial charge in [-0.15, -0.1) is 11.3 Å². The number of hydrogen-bond acceptors (Lipinski definition) is 3. The van der Waals surface area contributed by atoms with Crippen LogP contribution in [0.5, 0.6) is 5.75 Å². The zero-order valence-corrected chi connectivity index (χ0v) is 15.3. The van der Waals surface area contributed by atoms with Crippen LogP contribution in [0.15, 0.2) is 30.3 Å². The predicted molar refractivity (Wildman–Crippen MR) is 97.3 cm³/mol. The first-order valence-electron chi connectivity index (χ1n) is 7.35. The molecule has 0 aliphatic heterocycles. The fourth-order valence-corrected chi connectivity index (χ4v) is 5.10. The Morgan fingerprint density at radius 1 is 1.33 bits per heavy atom. The molecule has 0 saturated heterocycles. The molecule has 0 fully saturated rings. The first-order valence-corrected chi connectivity index (χ1v) is 9.25. The Morgan fingerprint density at radius 3 is 2.81 bits per heavy atom. The first kappa shape index (κ1) is 15.3. The van der Waals surface area contributed by atoms with Crippen molar-refractivity contribution in [3.05, 3.63) is 49.2 Å². The van der Waals surface area contributed by atoms with Crippen LogP contribution in [0.25, 0.3) is 0 Å². The van der Waals surface area contributed by atoms with Gasteiger partial charge in [-0.25, -0.2) is 0 Å². The molecule has 2 nitrogen and oxygen atoms in total. The van der Waals surface area contributed by atoms with Gasteiger partial charge < -0.3 is 10.1 Å². The van der Waals surface area contributed by atoms with Gasteiger partial charge in [-0.3, -0.25) is 0 Å². The minimum Gasteiger partial charge on any atom is -0.497 e. The van der Waals surface area contributed by atoms with Gasteiger partial charge >= 0.3 is 0 Å². The third kappa shape index (κ3) is 3.43. The summed E-state index contributed by atoms with van der Waals surface area (Å²) in [6.45, 7) is 2.24. The van der Waals surface area contributed by atoms with Crippen LogP contribution in [0.2, 0.25) is 0 Å². The van der Waals surface area contributed by atoms with Gasteiger partial charge in [0.25, 0.3) is 0 Å². The Bertz CT molecular complexity index is 608. The van der Waals surface area contributed by atoms with E-state index in [1.165, 1.54) is 33.3 Å². The fraction of sp³-hybridized carbons (Fsp3) is 0.412. The van der Waals surface area contributed by atoms with Gasteiger partial charge in [-0.05, 0) is 78.1 Å². The van der Waals surface area contributed by atoms with E-state index in [9.17, 15) is 0 Å². The molecule has 1 aromatic carbocycles. The van der Waals surface area contributed by atoms with Crippen LogP contribution in [-0.2, 0) is 6.42 Å². The Kier molecular flexibility index (Phi) is 4.86. The second-order valence-corrected chi connectivity index (χ2v) is 8.57. The standard InChI is InChI=1S/C17H20INOS/c1-11(12-6-8-13(20-2)9-7-12)19-15-4-3-5-16-14(15)10-17(18)21-16/h6-11,15,19H,3-5H2,1-2H3/t11-,15?/m1/s1. The number of ether oxygens (including phenoxy) is 1. The number of thiophene rings is 1. The summed E-state index contributed by atoms with van der Waals surface area (Å²) in [5.74, 6) is 0.915. The van der Waals surface area contributed by atoms with Crippen LogP contribution >= 0.6 is 33.9 Å². The number of fused-ring (bicyclic) bond motifs is 1. The van der Waals surface area contributed by atoms with Crippen LogP contribution in [-0.4, -0.2) is 7.11 Å². The maximum absolute atomic E-state index is 5.23. The summed E-state index contributed by atoms with van der Waals surface area (Å²) in [4.78, 5) is 1.57. The van der Waals surface area contributed by atoms with E-state index in [-0.39, 0.29) is 0 Å². The van der Waals surface area contributed by atoms with Crippen LogP contribution in [0, 0.1) is 2.88 Å². The Hall–Kier alpha value is -0.590. The zero-order chi connectivity index (χ0) is 14.8. The smallest absolute Gasteiger partial charge is 0.118 e. The molecule has 112 valence electrons. The molecule has 1 aliphatic carbocycles. The van der Waals surface area contributed by atoms with Gasteiger partial charge in [0.05, 0.1) is 9.99 Å². The number of rotatable bonds is 4. The molecular formula is C17H20INOS. The normalized spacial score (nSPS) is 19.1.